The molecule has 0 radical (unpaired) electrons. The van der Waals surface area contributed by atoms with Gasteiger partial charge in [-0.1, -0.05) is 13.3 Å². The number of aliphatic carboxylic acids is 2. The smallest absolute Gasteiger partial charge is 0.317 e. The largest absolute Gasteiger partial charge is 0.480 e. The minimum Gasteiger partial charge on any atom is -0.480 e. The van der Waals surface area contributed by atoms with Crippen molar-refractivity contribution in [1.82, 2.24) is 121 Å². The summed E-state index contributed by atoms with van der Waals surface area (Å²) in [6.45, 7) is 7.21. The minimum atomic E-state index is -1.65. The van der Waals surface area contributed by atoms with Gasteiger partial charge in [0.05, 0.1) is 19.6 Å². The summed E-state index contributed by atoms with van der Waals surface area (Å²) in [7, 11) is 0. The number of carboxylic acid groups (broad SMARTS) is 2. The minimum absolute atomic E-state index is 0.00246. The van der Waals surface area contributed by atoms with Crippen LogP contribution in [0, 0.1) is 43.3 Å². The van der Waals surface area contributed by atoms with Gasteiger partial charge in [-0.05, 0) is 141 Å². The molecule has 0 aromatic carbocycles. The van der Waals surface area contributed by atoms with E-state index in [1.54, 1.807) is 9.80 Å². The molecule has 0 aliphatic carbocycles. The number of carbonyl (C=O) groups excluding carboxylic acids is 12. The molecular formula is C78H152N40O16. The number of rotatable bonds is 68. The number of nitrogens with two attached hydrogens (primary N) is 9. The Bertz CT molecular complexity index is 3760. The highest BCUT2D eigenvalue weighted by atomic mass is 16.4. The van der Waals surface area contributed by atoms with Crippen molar-refractivity contribution in [2.45, 2.75) is 216 Å². The highest BCUT2D eigenvalue weighted by molar-refractivity contribution is 5.98. The van der Waals surface area contributed by atoms with Gasteiger partial charge in [-0.3, -0.25) is 125 Å². The van der Waals surface area contributed by atoms with Crippen LogP contribution in [0.5, 0.6) is 0 Å². The van der Waals surface area contributed by atoms with Gasteiger partial charge in [0, 0.05) is 131 Å². The Kier molecular flexibility index (Phi) is 61.5. The lowest BCUT2D eigenvalue weighted by Gasteiger charge is -2.33. The molecule has 1 heterocycles. The Morgan fingerprint density at radius 2 is 0.478 bits per heavy atom. The Morgan fingerprint density at radius 1 is 0.254 bits per heavy atom. The molecule has 3 unspecified atom stereocenters. The van der Waals surface area contributed by atoms with Gasteiger partial charge >= 0.3 is 11.9 Å². The quantitative estimate of drug-likeness (QED) is 0.0153. The van der Waals surface area contributed by atoms with Crippen molar-refractivity contribution >= 4 is 131 Å². The molecule has 0 saturated carbocycles. The van der Waals surface area contributed by atoms with Gasteiger partial charge < -0.3 is 168 Å². The van der Waals surface area contributed by atoms with E-state index in [4.69, 9.17) is 94.9 Å². The maximum absolute atomic E-state index is 15.3. The number of hydrogen-bond donors (Lipinski definition) is 38. The van der Waals surface area contributed by atoms with Crippen molar-refractivity contribution in [3.05, 3.63) is 0 Å². The molecule has 0 aromatic heterocycles. The third-order valence-corrected chi connectivity index (χ3v) is 20.8. The van der Waals surface area contributed by atoms with Crippen molar-refractivity contribution in [2.24, 2.45) is 51.6 Å². The van der Waals surface area contributed by atoms with E-state index in [1.807, 2.05) is 11.8 Å². The normalized spacial score (nSPS) is 14.6. The average molecular weight is 1910 g/mol. The molecule has 0 spiro atoms. The van der Waals surface area contributed by atoms with E-state index in [2.05, 4.69) is 106 Å². The van der Waals surface area contributed by atoms with Crippen molar-refractivity contribution in [2.75, 3.05) is 144 Å². The zero-order valence-electron chi connectivity index (χ0n) is 77.1. The van der Waals surface area contributed by atoms with E-state index in [9.17, 15) is 67.7 Å². The van der Waals surface area contributed by atoms with Crippen LogP contribution in [0.2, 0.25) is 0 Å². The fourth-order valence-electron chi connectivity index (χ4n) is 13.7. The molecule has 1 aliphatic rings. The van der Waals surface area contributed by atoms with Gasteiger partial charge in [0.1, 0.15) is 54.4 Å². The maximum Gasteiger partial charge on any atom is 0.317 e. The second-order valence-corrected chi connectivity index (χ2v) is 32.1. The molecule has 1 aliphatic heterocycles. The summed E-state index contributed by atoms with van der Waals surface area (Å²) in [6, 6.07) is -12.9. The summed E-state index contributed by atoms with van der Waals surface area (Å²) in [5.41, 5.74) is 49.9. The molecule has 1 rings (SSSR count). The van der Waals surface area contributed by atoms with E-state index in [0.717, 1.165) is 6.92 Å². The SMILES string of the molecule is CCN1CCN(CC(=O)O)CCN(CC(=O)NCCCCCC(=O)N[C@@H](CCCNC(=N)N)C(=O)N[C@@H](CCCNC(=N)N)C(=O)NCCCCC(NC(=O)C(CCCNC(=N)N)NC(=O)C(CCCNC(=N)N)NC(C)=O)C(=O)N[C@@H](CCCNC(=N)N)C(=O)N[C@@H](CCCNC(=N)N)C(=O)N[C@@H](CCCNC(=N)N)C(=O)N[C@@H](CCCNC(=N)N)C(N)=O)CCN(CC(=O)O)CC1. The first-order valence-electron chi connectivity index (χ1n) is 45.0. The zero-order chi connectivity index (χ0) is 100. The number of hydrogen-bond acceptors (Lipinski definition) is 26. The number of nitrogens with zero attached hydrogens (tertiary/aromatic N) is 4. The molecule has 1 saturated heterocycles. The van der Waals surface area contributed by atoms with Gasteiger partial charge in [-0.15, -0.1) is 0 Å². The van der Waals surface area contributed by atoms with E-state index in [0.29, 0.717) is 78.2 Å². The first-order valence-corrected chi connectivity index (χ1v) is 45.0. The Labute approximate surface area is 780 Å². The van der Waals surface area contributed by atoms with Gasteiger partial charge in [0.15, 0.2) is 47.7 Å². The summed E-state index contributed by atoms with van der Waals surface area (Å²) in [4.78, 5) is 201. The number of primary amides is 1. The topological polar surface area (TPSA) is 946 Å². The van der Waals surface area contributed by atoms with Crippen molar-refractivity contribution < 1.29 is 77.3 Å². The highest BCUT2D eigenvalue weighted by Gasteiger charge is 2.36. The predicted molar refractivity (Wildman–Crippen MR) is 500 cm³/mol. The summed E-state index contributed by atoms with van der Waals surface area (Å²) < 4.78 is 0. The molecule has 56 nitrogen and oxygen atoms in total. The molecule has 1 fully saturated rings. The molecule has 56 heteroatoms. The van der Waals surface area contributed by atoms with E-state index in [1.165, 1.54) is 0 Å². The number of amides is 12. The molecule has 0 bridgehead atoms. The number of nitrogens with one attached hydrogen (secondary N) is 27. The summed E-state index contributed by atoms with van der Waals surface area (Å²) in [6.07, 6.45) is 0.706. The van der Waals surface area contributed by atoms with Crippen molar-refractivity contribution in [3.63, 3.8) is 0 Å². The fraction of sp³-hybridized carbons (Fsp3) is 0.718. The van der Waals surface area contributed by atoms with Gasteiger partial charge in [-0.25, -0.2) is 0 Å². The van der Waals surface area contributed by atoms with Crippen LogP contribution in [0.1, 0.15) is 162 Å². The Morgan fingerprint density at radius 3 is 0.746 bits per heavy atom. The first-order chi connectivity index (χ1) is 63.5. The lowest BCUT2D eigenvalue weighted by atomic mass is 10.0. The molecule has 9 atom stereocenters. The first kappa shape index (κ1) is 119. The number of likely N-dealkylation sites (N-methyl/N-ethyl adjacent to an activating group) is 1. The second-order valence-electron chi connectivity index (χ2n) is 32.1. The third kappa shape index (κ3) is 59.8. The standard InChI is InChI=1S/C78H152N40O16/c1-3-115-37-39-117(46-60(122)123)43-41-116(42-44-118(40-38-115)47-61(124)125)45-59(121)96-27-7-4-5-26-58(120)107-52(21-12-32-101-74(86)87)65(129)109-50(19-10-30-99-72(82)83)63(127)97-28-8-6-17-53(110-68(132)55(23-14-34-103-76(90)91)111-64(128)51(106-48(2)119)20-11-31-100-73(84)85)67(131)113-56(24-15-35-104-77(92)93)70(134)114-57(25-16-36-105-78(94)95)69(133)112-54(22-13-33-102-75(88)89)66(130)108-49(62(79)126)18-9-29-98-71(80)81/h49-57H,3-47H2,1-2H3,(H2,79,126)(H,96,121)(H,97,127)(H,106,119)(H,107,120)(H,108,130)(H,109,129)(H,110,132)(H,111,128)(H,112,133)(H,113,131)(H,114,134)(H,122,123)(H,124,125)(H4,80,81,98)(H4,82,83,99)(H4,84,85,100)(H4,86,87,101)(H4,88,89,102)(H4,90,91,103)(H4,92,93,104)(H4,94,95,105)/t49-,50-,51?,52-,53?,54-,55?,56-,57-/m0/s1. The number of carboxylic acids is 2. The lowest BCUT2D eigenvalue weighted by Crippen LogP contribution is -2.60. The zero-order valence-corrected chi connectivity index (χ0v) is 77.1. The van der Waals surface area contributed by atoms with Crippen LogP contribution in [0.15, 0.2) is 0 Å². The summed E-state index contributed by atoms with van der Waals surface area (Å²) in [5, 5.41) is 131. The van der Waals surface area contributed by atoms with Crippen molar-refractivity contribution in [3.8, 4) is 0 Å². The van der Waals surface area contributed by atoms with Crippen LogP contribution in [0.4, 0.5) is 0 Å². The summed E-state index contributed by atoms with van der Waals surface area (Å²) in [5.74, 6) is -14.9. The van der Waals surface area contributed by atoms with Crippen molar-refractivity contribution in [1.29, 1.82) is 43.3 Å². The third-order valence-electron chi connectivity index (χ3n) is 20.8. The molecule has 0 aromatic rings. The van der Waals surface area contributed by atoms with Gasteiger partial charge in [0.25, 0.3) is 0 Å². The maximum atomic E-state index is 15.3. The van der Waals surface area contributed by atoms with Gasteiger partial charge in [0.2, 0.25) is 70.9 Å². The lowest BCUT2D eigenvalue weighted by molar-refractivity contribution is -0.139. The van der Waals surface area contributed by atoms with Crippen LogP contribution in [-0.2, 0) is 67.1 Å². The molecule has 47 N–H and O–H groups in total. The molecule has 134 heavy (non-hydrogen) atoms. The van der Waals surface area contributed by atoms with Crippen LogP contribution in [0.3, 0.4) is 0 Å². The highest BCUT2D eigenvalue weighted by Crippen LogP contribution is 2.14. The monoisotopic (exact) mass is 1910 g/mol. The van der Waals surface area contributed by atoms with Gasteiger partial charge in [-0.2, -0.15) is 0 Å². The number of carbonyl (C=O) groups is 14. The molecule has 12 amide bonds. The number of guanidine groups is 8. The number of unbranched alkanes of at least 4 members (excludes halogenated alkanes) is 3. The van der Waals surface area contributed by atoms with E-state index >= 15 is 9.59 Å². The van der Waals surface area contributed by atoms with Crippen LogP contribution in [0.25, 0.3) is 0 Å². The predicted octanol–water partition coefficient (Wildman–Crippen LogP) is -11.7. The fourth-order valence-corrected chi connectivity index (χ4v) is 13.7. The Hall–Kier alpha value is -13.4. The van der Waals surface area contributed by atoms with Crippen LogP contribution < -0.4 is 153 Å². The average Bonchev–Trinajstić information content (AvgIpc) is 0.860. The van der Waals surface area contributed by atoms with Crippen LogP contribution >= 0.6 is 0 Å². The van der Waals surface area contributed by atoms with Crippen LogP contribution in [-0.4, -0.2) is 359 Å². The molecule has 760 valence electrons. The summed E-state index contributed by atoms with van der Waals surface area (Å²) >= 11 is 0. The Balaban J connectivity index is 3.90. The van der Waals surface area contributed by atoms with E-state index < -0.39 is 155 Å². The second kappa shape index (κ2) is 69.5. The van der Waals surface area contributed by atoms with E-state index in [-0.39, 0.29) is 243 Å². The molecular weight excluding hydrogens is 1750 g/mol.